The van der Waals surface area contributed by atoms with Gasteiger partial charge < -0.3 is 19.9 Å². The predicted octanol–water partition coefficient (Wildman–Crippen LogP) is 2.77. The lowest BCUT2D eigenvalue weighted by molar-refractivity contribution is -0.125. The van der Waals surface area contributed by atoms with Gasteiger partial charge in [-0.25, -0.2) is 19.3 Å². The second-order valence-corrected chi connectivity index (χ2v) is 7.14. The number of aromatic amines is 1. The van der Waals surface area contributed by atoms with Crippen molar-refractivity contribution in [3.05, 3.63) is 53.8 Å². The first kappa shape index (κ1) is 20.6. The summed E-state index contributed by atoms with van der Waals surface area (Å²) >= 11 is 5.85. The lowest BCUT2D eigenvalue weighted by Crippen LogP contribution is -2.30. The normalized spacial score (nSPS) is 15.4. The zero-order valence-corrected chi connectivity index (χ0v) is 17.1. The van der Waals surface area contributed by atoms with E-state index in [4.69, 9.17) is 16.3 Å². The molecule has 2 N–H and O–H groups in total. The van der Waals surface area contributed by atoms with Crippen LogP contribution in [-0.4, -0.2) is 56.5 Å². The average Bonchev–Trinajstić information content (AvgIpc) is 3.41. The van der Waals surface area contributed by atoms with Crippen molar-refractivity contribution in [2.45, 2.75) is 12.5 Å². The minimum atomic E-state index is -0.553. The zero-order valence-electron chi connectivity index (χ0n) is 16.4. The summed E-state index contributed by atoms with van der Waals surface area (Å²) in [6.07, 6.45) is 3.53. The molecule has 0 spiro atoms. The number of nitrogens with zero attached hydrogens (tertiary/aromatic N) is 4. The molecule has 1 saturated heterocycles. The van der Waals surface area contributed by atoms with E-state index in [1.165, 1.54) is 24.5 Å². The number of halogens is 2. The molecule has 1 aliphatic heterocycles. The van der Waals surface area contributed by atoms with Crippen LogP contribution in [0.25, 0.3) is 11.2 Å². The Labute approximate surface area is 182 Å². The van der Waals surface area contributed by atoms with Crippen LogP contribution in [-0.2, 0) is 4.79 Å². The molecule has 0 unspecified atom stereocenters. The molecule has 3 heterocycles. The van der Waals surface area contributed by atoms with Crippen molar-refractivity contribution < 1.29 is 13.9 Å². The van der Waals surface area contributed by atoms with Crippen LogP contribution in [0.15, 0.2) is 37.2 Å². The molecule has 1 aromatic carbocycles. The smallest absolute Gasteiger partial charge is 0.246 e. The van der Waals surface area contributed by atoms with Gasteiger partial charge in [0.2, 0.25) is 5.91 Å². The van der Waals surface area contributed by atoms with Crippen molar-refractivity contribution >= 4 is 34.5 Å². The molecule has 31 heavy (non-hydrogen) atoms. The van der Waals surface area contributed by atoms with Crippen LogP contribution in [0.3, 0.4) is 0 Å². The van der Waals surface area contributed by atoms with E-state index in [2.05, 4.69) is 43.7 Å². The highest BCUT2D eigenvalue weighted by Gasteiger charge is 2.25. The summed E-state index contributed by atoms with van der Waals surface area (Å²) in [5, 5.41) is 3.25. The van der Waals surface area contributed by atoms with Gasteiger partial charge in [0.1, 0.15) is 35.0 Å². The quantitative estimate of drug-likeness (QED) is 0.468. The first-order valence-electron chi connectivity index (χ1n) is 9.49. The molecule has 0 radical (unpaired) electrons. The second kappa shape index (κ2) is 9.02. The molecule has 1 fully saturated rings. The molecule has 3 aromatic rings. The Balaban J connectivity index is 1.43. The first-order chi connectivity index (χ1) is 15.0. The number of anilines is 1. The maximum atomic E-state index is 13.4. The van der Waals surface area contributed by atoms with E-state index < -0.39 is 5.82 Å². The van der Waals surface area contributed by atoms with Crippen LogP contribution < -0.4 is 10.1 Å². The van der Waals surface area contributed by atoms with Gasteiger partial charge in [0.25, 0.3) is 0 Å². The Morgan fingerprint density at radius 1 is 1.48 bits per heavy atom. The molecule has 2 aromatic heterocycles. The van der Waals surface area contributed by atoms with E-state index in [0.717, 1.165) is 6.42 Å². The SMILES string of the molecule is C=CC(=O)N1CC[C@@H](Nc2ncnc3nc(C#CCOc4cccc(F)c4Cl)[nH]c23)C1. The summed E-state index contributed by atoms with van der Waals surface area (Å²) in [5.41, 5.74) is 1.09. The van der Waals surface area contributed by atoms with E-state index in [1.54, 1.807) is 11.0 Å². The topological polar surface area (TPSA) is 96.0 Å². The van der Waals surface area contributed by atoms with Crippen LogP contribution in [0.4, 0.5) is 10.2 Å². The number of H-pyrrole nitrogens is 1. The fraction of sp³-hybridized carbons (Fsp3) is 0.238. The maximum Gasteiger partial charge on any atom is 0.246 e. The van der Waals surface area contributed by atoms with Crippen molar-refractivity contribution in [3.63, 3.8) is 0 Å². The molecule has 1 atom stereocenters. The Kier molecular flexibility index (Phi) is 6.00. The zero-order chi connectivity index (χ0) is 21.8. The summed E-state index contributed by atoms with van der Waals surface area (Å²) in [6, 6.07) is 4.38. The van der Waals surface area contributed by atoms with E-state index >= 15 is 0 Å². The number of benzene rings is 1. The monoisotopic (exact) mass is 440 g/mol. The largest absolute Gasteiger partial charge is 0.479 e. The minimum absolute atomic E-state index is 0.00620. The number of likely N-dealkylation sites (tertiary alicyclic amines) is 1. The summed E-state index contributed by atoms with van der Waals surface area (Å²) in [6.45, 7) is 4.75. The third-order valence-electron chi connectivity index (χ3n) is 4.73. The molecule has 0 aliphatic carbocycles. The molecule has 8 nitrogen and oxygen atoms in total. The van der Waals surface area contributed by atoms with Gasteiger partial charge in [-0.1, -0.05) is 30.2 Å². The van der Waals surface area contributed by atoms with Gasteiger partial charge in [-0.15, -0.1) is 0 Å². The fourth-order valence-electron chi connectivity index (χ4n) is 3.23. The van der Waals surface area contributed by atoms with Crippen LogP contribution in [0.5, 0.6) is 5.75 Å². The molecule has 4 rings (SSSR count). The van der Waals surface area contributed by atoms with Gasteiger partial charge in [-0.05, 0) is 30.6 Å². The van der Waals surface area contributed by atoms with Crippen molar-refractivity contribution in [2.24, 2.45) is 0 Å². The standard InChI is InChI=1S/C21H18ClFN6O2/c1-2-17(30)29-9-8-13(11-29)26-20-19-21(25-12-24-20)28-16(27-19)7-4-10-31-15-6-3-5-14(23)18(15)22/h2-3,5-6,12-13H,1,8-11H2,(H2,24,25,26,27,28)/t13-/m1/s1. The van der Waals surface area contributed by atoms with Gasteiger partial charge in [0.05, 0.1) is 0 Å². The molecular weight excluding hydrogens is 423 g/mol. The van der Waals surface area contributed by atoms with Gasteiger partial charge in [-0.2, -0.15) is 0 Å². The second-order valence-electron chi connectivity index (χ2n) is 6.77. The lowest BCUT2D eigenvalue weighted by Gasteiger charge is -2.15. The van der Waals surface area contributed by atoms with E-state index in [1.807, 2.05) is 0 Å². The number of imidazole rings is 1. The first-order valence-corrected chi connectivity index (χ1v) is 9.87. The molecule has 1 amide bonds. The number of hydrogen-bond acceptors (Lipinski definition) is 6. The number of hydrogen-bond donors (Lipinski definition) is 2. The Hall–Kier alpha value is -3.64. The molecular formula is C21H18ClFN6O2. The molecule has 0 bridgehead atoms. The Morgan fingerprint density at radius 2 is 2.35 bits per heavy atom. The van der Waals surface area contributed by atoms with E-state index in [9.17, 15) is 9.18 Å². The highest BCUT2D eigenvalue weighted by atomic mass is 35.5. The third-order valence-corrected chi connectivity index (χ3v) is 5.09. The number of nitrogens with one attached hydrogen (secondary N) is 2. The summed E-state index contributed by atoms with van der Waals surface area (Å²) < 4.78 is 18.8. The number of carbonyl (C=O) groups is 1. The Morgan fingerprint density at radius 3 is 3.19 bits per heavy atom. The molecule has 158 valence electrons. The Bertz CT molecular complexity index is 1200. The lowest BCUT2D eigenvalue weighted by atomic mass is 10.2. The van der Waals surface area contributed by atoms with Crippen molar-refractivity contribution in [1.29, 1.82) is 0 Å². The number of fused-ring (bicyclic) bond motifs is 1. The van der Waals surface area contributed by atoms with Gasteiger partial charge in [-0.3, -0.25) is 4.79 Å². The van der Waals surface area contributed by atoms with Crippen LogP contribution >= 0.6 is 11.6 Å². The fourth-order valence-corrected chi connectivity index (χ4v) is 3.41. The van der Waals surface area contributed by atoms with Crippen LogP contribution in [0.1, 0.15) is 12.2 Å². The van der Waals surface area contributed by atoms with Crippen molar-refractivity contribution in [3.8, 4) is 17.6 Å². The summed E-state index contributed by atoms with van der Waals surface area (Å²) in [4.78, 5) is 29.4. The van der Waals surface area contributed by atoms with Crippen molar-refractivity contribution in [2.75, 3.05) is 25.0 Å². The van der Waals surface area contributed by atoms with Crippen LogP contribution in [0, 0.1) is 17.7 Å². The number of ether oxygens (including phenoxy) is 1. The molecule has 0 saturated carbocycles. The maximum absolute atomic E-state index is 13.4. The minimum Gasteiger partial charge on any atom is -0.479 e. The van der Waals surface area contributed by atoms with Gasteiger partial charge in [0.15, 0.2) is 17.3 Å². The highest BCUT2D eigenvalue weighted by Crippen LogP contribution is 2.26. The van der Waals surface area contributed by atoms with Gasteiger partial charge in [0, 0.05) is 19.1 Å². The third kappa shape index (κ3) is 4.59. The number of amides is 1. The van der Waals surface area contributed by atoms with E-state index in [-0.39, 0.29) is 29.3 Å². The predicted molar refractivity (Wildman–Crippen MR) is 114 cm³/mol. The molecule has 10 heteroatoms. The number of carbonyl (C=O) groups excluding carboxylic acids is 1. The average molecular weight is 441 g/mol. The number of aromatic nitrogens is 4. The van der Waals surface area contributed by atoms with Crippen LogP contribution in [0.2, 0.25) is 5.02 Å². The summed E-state index contributed by atoms with van der Waals surface area (Å²) in [5.74, 6) is 6.22. The van der Waals surface area contributed by atoms with E-state index in [0.29, 0.717) is 35.9 Å². The summed E-state index contributed by atoms with van der Waals surface area (Å²) in [7, 11) is 0. The van der Waals surface area contributed by atoms with Gasteiger partial charge >= 0.3 is 0 Å². The van der Waals surface area contributed by atoms with Crippen molar-refractivity contribution in [1.82, 2.24) is 24.8 Å². The molecule has 1 aliphatic rings. The highest BCUT2D eigenvalue weighted by molar-refractivity contribution is 6.32. The number of rotatable bonds is 5.